The predicted octanol–water partition coefficient (Wildman–Crippen LogP) is 3.72. The van der Waals surface area contributed by atoms with E-state index in [9.17, 15) is 13.2 Å². The van der Waals surface area contributed by atoms with Gasteiger partial charge in [-0.05, 0) is 24.9 Å². The zero-order chi connectivity index (χ0) is 12.9. The minimum Gasteiger partial charge on any atom is -0.316 e. The lowest BCUT2D eigenvalue weighted by Crippen LogP contribution is -2.32. The Hall–Kier alpha value is -1.03. The van der Waals surface area contributed by atoms with Crippen molar-refractivity contribution in [3.63, 3.8) is 0 Å². The van der Waals surface area contributed by atoms with Gasteiger partial charge in [0.25, 0.3) is 0 Å². The van der Waals surface area contributed by atoms with Crippen LogP contribution >= 0.6 is 0 Å². The van der Waals surface area contributed by atoms with Crippen molar-refractivity contribution < 1.29 is 13.2 Å². The molecule has 4 heteroatoms. The van der Waals surface area contributed by atoms with Gasteiger partial charge in [-0.15, -0.1) is 0 Å². The van der Waals surface area contributed by atoms with Crippen LogP contribution < -0.4 is 5.32 Å². The molecule has 0 amide bonds. The van der Waals surface area contributed by atoms with Gasteiger partial charge in [0.15, 0.2) is 0 Å². The lowest BCUT2D eigenvalue weighted by molar-refractivity contribution is -0.136. The maximum Gasteiger partial charge on any atom is 0.389 e. The van der Waals surface area contributed by atoms with Gasteiger partial charge in [0.1, 0.15) is 0 Å². The third-order valence-electron chi connectivity index (χ3n) is 3.04. The summed E-state index contributed by atoms with van der Waals surface area (Å²) in [5.74, 6) is 0.0727. The summed E-state index contributed by atoms with van der Waals surface area (Å²) in [6, 6.07) is 9.45. The molecule has 1 nitrogen and oxygen atoms in total. The molecule has 0 aliphatic carbocycles. The highest BCUT2D eigenvalue weighted by molar-refractivity contribution is 5.20. The summed E-state index contributed by atoms with van der Waals surface area (Å²) >= 11 is 0. The van der Waals surface area contributed by atoms with Crippen molar-refractivity contribution >= 4 is 0 Å². The molecule has 1 aromatic rings. The SMILES string of the molecule is CNC(CCC(F)(F)F)C(C)c1ccccc1. The van der Waals surface area contributed by atoms with Crippen molar-refractivity contribution in [3.05, 3.63) is 35.9 Å². The van der Waals surface area contributed by atoms with Crippen molar-refractivity contribution in [1.82, 2.24) is 5.32 Å². The molecule has 96 valence electrons. The Balaban J connectivity index is 2.62. The van der Waals surface area contributed by atoms with Crippen molar-refractivity contribution in [2.75, 3.05) is 7.05 Å². The van der Waals surface area contributed by atoms with Crippen LogP contribution in [0.1, 0.15) is 31.2 Å². The first-order valence-electron chi connectivity index (χ1n) is 5.73. The minimum absolute atomic E-state index is 0.0727. The summed E-state index contributed by atoms with van der Waals surface area (Å²) in [5.41, 5.74) is 1.06. The number of alkyl halides is 3. The summed E-state index contributed by atoms with van der Waals surface area (Å²) in [7, 11) is 1.71. The van der Waals surface area contributed by atoms with Crippen LogP contribution in [0.4, 0.5) is 13.2 Å². The van der Waals surface area contributed by atoms with E-state index in [2.05, 4.69) is 5.32 Å². The molecule has 0 heterocycles. The lowest BCUT2D eigenvalue weighted by atomic mass is 9.90. The molecule has 0 fully saturated rings. The molecule has 0 saturated carbocycles. The molecule has 0 aromatic heterocycles. The minimum atomic E-state index is -4.08. The fourth-order valence-electron chi connectivity index (χ4n) is 1.95. The van der Waals surface area contributed by atoms with E-state index in [1.165, 1.54) is 0 Å². The van der Waals surface area contributed by atoms with Crippen LogP contribution in [0.5, 0.6) is 0 Å². The van der Waals surface area contributed by atoms with Gasteiger partial charge in [-0.2, -0.15) is 13.2 Å². The summed E-state index contributed by atoms with van der Waals surface area (Å²) < 4.78 is 36.6. The zero-order valence-corrected chi connectivity index (χ0v) is 10.1. The quantitative estimate of drug-likeness (QED) is 0.833. The molecule has 0 saturated heterocycles. The molecule has 0 spiro atoms. The van der Waals surface area contributed by atoms with E-state index < -0.39 is 12.6 Å². The van der Waals surface area contributed by atoms with E-state index in [4.69, 9.17) is 0 Å². The van der Waals surface area contributed by atoms with Gasteiger partial charge in [-0.25, -0.2) is 0 Å². The first kappa shape index (κ1) is 14.0. The Labute approximate surface area is 100 Å². The molecule has 0 radical (unpaired) electrons. The molecule has 1 aromatic carbocycles. The van der Waals surface area contributed by atoms with Crippen molar-refractivity contribution in [1.29, 1.82) is 0 Å². The van der Waals surface area contributed by atoms with E-state index >= 15 is 0 Å². The Bertz CT molecular complexity index is 321. The summed E-state index contributed by atoms with van der Waals surface area (Å²) in [5, 5.41) is 2.97. The molecular weight excluding hydrogens is 227 g/mol. The largest absolute Gasteiger partial charge is 0.389 e. The van der Waals surface area contributed by atoms with E-state index in [0.29, 0.717) is 0 Å². The zero-order valence-electron chi connectivity index (χ0n) is 10.1. The van der Waals surface area contributed by atoms with Gasteiger partial charge in [0, 0.05) is 12.5 Å². The fraction of sp³-hybridized carbons (Fsp3) is 0.538. The third-order valence-corrected chi connectivity index (χ3v) is 3.04. The maximum atomic E-state index is 12.2. The van der Waals surface area contributed by atoms with Crippen molar-refractivity contribution in [3.8, 4) is 0 Å². The Morgan fingerprint density at radius 2 is 1.76 bits per heavy atom. The number of rotatable bonds is 5. The Morgan fingerprint density at radius 1 is 1.18 bits per heavy atom. The molecule has 17 heavy (non-hydrogen) atoms. The first-order chi connectivity index (χ1) is 7.94. The summed E-state index contributed by atoms with van der Waals surface area (Å²) in [4.78, 5) is 0. The average Bonchev–Trinajstić information content (AvgIpc) is 2.29. The van der Waals surface area contributed by atoms with Gasteiger partial charge in [-0.3, -0.25) is 0 Å². The lowest BCUT2D eigenvalue weighted by Gasteiger charge is -2.24. The third kappa shape index (κ3) is 4.77. The number of hydrogen-bond donors (Lipinski definition) is 1. The highest BCUT2D eigenvalue weighted by Gasteiger charge is 2.29. The van der Waals surface area contributed by atoms with Gasteiger partial charge < -0.3 is 5.32 Å². The predicted molar refractivity (Wildman–Crippen MR) is 63.0 cm³/mol. The topological polar surface area (TPSA) is 12.0 Å². The van der Waals surface area contributed by atoms with Gasteiger partial charge in [0.05, 0.1) is 0 Å². The molecule has 2 atom stereocenters. The molecule has 1 N–H and O–H groups in total. The number of nitrogens with one attached hydrogen (secondary N) is 1. The monoisotopic (exact) mass is 245 g/mol. The molecular formula is C13H18F3N. The van der Waals surface area contributed by atoms with Gasteiger partial charge in [-0.1, -0.05) is 37.3 Å². The molecule has 0 bridgehead atoms. The second-order valence-corrected chi connectivity index (χ2v) is 4.25. The normalized spacial score (nSPS) is 15.6. The molecule has 0 aliphatic rings. The maximum absolute atomic E-state index is 12.2. The number of hydrogen-bond acceptors (Lipinski definition) is 1. The van der Waals surface area contributed by atoms with Crippen molar-refractivity contribution in [2.45, 2.75) is 37.9 Å². The van der Waals surface area contributed by atoms with Crippen LogP contribution in [0.25, 0.3) is 0 Å². The van der Waals surface area contributed by atoms with Crippen LogP contribution in [-0.2, 0) is 0 Å². The first-order valence-corrected chi connectivity index (χ1v) is 5.73. The number of halogens is 3. The molecule has 1 rings (SSSR count). The second kappa shape index (κ2) is 6.05. The van der Waals surface area contributed by atoms with E-state index in [0.717, 1.165) is 5.56 Å². The molecule has 2 unspecified atom stereocenters. The number of likely N-dealkylation sites (N-methyl/N-ethyl adjacent to an activating group) is 1. The van der Waals surface area contributed by atoms with Crippen LogP contribution in [0.15, 0.2) is 30.3 Å². The van der Waals surface area contributed by atoms with E-state index in [-0.39, 0.29) is 18.4 Å². The van der Waals surface area contributed by atoms with Crippen LogP contribution in [0, 0.1) is 0 Å². The summed E-state index contributed by atoms with van der Waals surface area (Å²) in [6.45, 7) is 1.95. The van der Waals surface area contributed by atoms with Crippen molar-refractivity contribution in [2.24, 2.45) is 0 Å². The fourth-order valence-corrected chi connectivity index (χ4v) is 1.95. The standard InChI is InChI=1S/C13H18F3N/c1-10(11-6-4-3-5-7-11)12(17-2)8-9-13(14,15)16/h3-7,10,12,17H,8-9H2,1-2H3. The van der Waals surface area contributed by atoms with E-state index in [1.807, 2.05) is 37.3 Å². The Morgan fingerprint density at radius 3 is 2.24 bits per heavy atom. The van der Waals surface area contributed by atoms with Crippen LogP contribution in [-0.4, -0.2) is 19.3 Å². The average molecular weight is 245 g/mol. The van der Waals surface area contributed by atoms with E-state index in [1.54, 1.807) is 7.05 Å². The Kier molecular flexibility index (Phi) is 5.00. The van der Waals surface area contributed by atoms with Crippen LogP contribution in [0.3, 0.4) is 0 Å². The molecule has 0 aliphatic heterocycles. The van der Waals surface area contributed by atoms with Gasteiger partial charge >= 0.3 is 6.18 Å². The summed E-state index contributed by atoms with van der Waals surface area (Å²) in [6.07, 6.45) is -4.71. The highest BCUT2D eigenvalue weighted by atomic mass is 19.4. The smallest absolute Gasteiger partial charge is 0.316 e. The van der Waals surface area contributed by atoms with Gasteiger partial charge in [0.2, 0.25) is 0 Å². The van der Waals surface area contributed by atoms with Crippen LogP contribution in [0.2, 0.25) is 0 Å². The number of benzene rings is 1. The second-order valence-electron chi connectivity index (χ2n) is 4.25. The highest BCUT2D eigenvalue weighted by Crippen LogP contribution is 2.27.